The third-order valence-corrected chi connectivity index (χ3v) is 3.86. The molecule has 0 atom stereocenters. The van der Waals surface area contributed by atoms with Gasteiger partial charge in [0.25, 0.3) is 0 Å². The van der Waals surface area contributed by atoms with Crippen molar-refractivity contribution < 1.29 is 4.74 Å². The van der Waals surface area contributed by atoms with E-state index in [1.54, 1.807) is 18.4 Å². The molecule has 0 saturated heterocycles. The van der Waals surface area contributed by atoms with Crippen LogP contribution in [0.5, 0.6) is 5.75 Å². The first kappa shape index (κ1) is 19.7. The minimum absolute atomic E-state index is 0. The van der Waals surface area contributed by atoms with Crippen LogP contribution in [-0.2, 0) is 6.54 Å². The van der Waals surface area contributed by atoms with Gasteiger partial charge in [-0.25, -0.2) is 4.98 Å². The van der Waals surface area contributed by atoms with Crippen LogP contribution >= 0.6 is 35.3 Å². The van der Waals surface area contributed by atoms with E-state index in [0.29, 0.717) is 6.61 Å². The maximum absolute atomic E-state index is 5.65. The van der Waals surface area contributed by atoms with Gasteiger partial charge in [0.1, 0.15) is 5.75 Å². The zero-order chi connectivity index (χ0) is 15.6. The number of para-hydroxylation sites is 1. The van der Waals surface area contributed by atoms with E-state index >= 15 is 0 Å². The summed E-state index contributed by atoms with van der Waals surface area (Å²) in [7, 11) is 1.77. The molecule has 0 aliphatic carbocycles. The average Bonchev–Trinajstić information content (AvgIpc) is 2.96. The lowest BCUT2D eigenvalue weighted by atomic mass is 10.3. The van der Waals surface area contributed by atoms with Crippen molar-refractivity contribution >= 4 is 41.3 Å². The highest BCUT2D eigenvalue weighted by Gasteiger charge is 2.01. The molecule has 23 heavy (non-hydrogen) atoms. The van der Waals surface area contributed by atoms with Gasteiger partial charge in [0.05, 0.1) is 18.2 Å². The molecule has 1 heterocycles. The van der Waals surface area contributed by atoms with Crippen molar-refractivity contribution in [1.29, 1.82) is 0 Å². The lowest BCUT2D eigenvalue weighted by Gasteiger charge is -2.11. The number of hydrogen-bond donors (Lipinski definition) is 2. The third kappa shape index (κ3) is 7.65. The predicted molar refractivity (Wildman–Crippen MR) is 107 cm³/mol. The SMILES string of the molecule is CN=C(NCCCOc1ccccc1)NCc1cnc(C)s1.I. The van der Waals surface area contributed by atoms with Gasteiger partial charge in [0, 0.05) is 24.7 Å². The topological polar surface area (TPSA) is 58.5 Å². The first-order valence-corrected chi connectivity index (χ1v) is 8.13. The van der Waals surface area contributed by atoms with Crippen molar-refractivity contribution in [3.63, 3.8) is 0 Å². The van der Waals surface area contributed by atoms with E-state index in [1.807, 2.05) is 43.5 Å². The Labute approximate surface area is 158 Å². The largest absolute Gasteiger partial charge is 0.494 e. The molecule has 126 valence electrons. The Balaban J connectivity index is 0.00000264. The average molecular weight is 446 g/mol. The fraction of sp³-hybridized carbons (Fsp3) is 0.375. The molecule has 2 aromatic rings. The van der Waals surface area contributed by atoms with Crippen LogP contribution in [0.25, 0.3) is 0 Å². The minimum atomic E-state index is 0. The normalized spacial score (nSPS) is 10.8. The van der Waals surface area contributed by atoms with Gasteiger partial charge in [-0.05, 0) is 25.5 Å². The highest BCUT2D eigenvalue weighted by molar-refractivity contribution is 14.0. The summed E-state index contributed by atoms with van der Waals surface area (Å²) in [4.78, 5) is 9.64. The van der Waals surface area contributed by atoms with Crippen LogP contribution in [-0.4, -0.2) is 31.1 Å². The maximum Gasteiger partial charge on any atom is 0.191 e. The van der Waals surface area contributed by atoms with Crippen LogP contribution < -0.4 is 15.4 Å². The van der Waals surface area contributed by atoms with E-state index in [9.17, 15) is 0 Å². The Morgan fingerprint density at radius 3 is 2.70 bits per heavy atom. The van der Waals surface area contributed by atoms with Gasteiger partial charge in [-0.3, -0.25) is 4.99 Å². The molecule has 2 rings (SSSR count). The van der Waals surface area contributed by atoms with Crippen LogP contribution in [0.2, 0.25) is 0 Å². The lowest BCUT2D eigenvalue weighted by molar-refractivity contribution is 0.311. The summed E-state index contributed by atoms with van der Waals surface area (Å²) < 4.78 is 5.65. The molecule has 0 spiro atoms. The van der Waals surface area contributed by atoms with Crippen LogP contribution in [0.3, 0.4) is 0 Å². The number of aliphatic imine (C=N–C) groups is 1. The quantitative estimate of drug-likeness (QED) is 0.297. The van der Waals surface area contributed by atoms with Crippen LogP contribution in [0.4, 0.5) is 0 Å². The molecule has 0 bridgehead atoms. The predicted octanol–water partition coefficient (Wildman–Crippen LogP) is 3.20. The summed E-state index contributed by atoms with van der Waals surface area (Å²) >= 11 is 1.69. The standard InChI is InChI=1S/C16H22N4OS.HI/c1-13-19-11-15(22-13)12-20-16(17-2)18-9-6-10-21-14-7-4-3-5-8-14;/h3-5,7-8,11H,6,9-10,12H2,1-2H3,(H2,17,18,20);1H. The number of nitrogens with one attached hydrogen (secondary N) is 2. The number of thiazole rings is 1. The number of nitrogens with zero attached hydrogens (tertiary/aromatic N) is 2. The second kappa shape index (κ2) is 11.2. The highest BCUT2D eigenvalue weighted by atomic mass is 127. The Hall–Kier alpha value is -1.35. The number of aromatic nitrogens is 1. The Bertz CT molecular complexity index is 589. The first-order chi connectivity index (χ1) is 10.8. The molecule has 0 amide bonds. The number of rotatable bonds is 7. The number of ether oxygens (including phenoxy) is 1. The monoisotopic (exact) mass is 446 g/mol. The Morgan fingerprint density at radius 2 is 2.04 bits per heavy atom. The summed E-state index contributed by atoms with van der Waals surface area (Å²) in [5, 5.41) is 7.63. The fourth-order valence-electron chi connectivity index (χ4n) is 1.86. The maximum atomic E-state index is 5.65. The van der Waals surface area contributed by atoms with Crippen LogP contribution in [0.1, 0.15) is 16.3 Å². The lowest BCUT2D eigenvalue weighted by Crippen LogP contribution is -2.37. The Kier molecular flexibility index (Phi) is 9.61. The number of halogens is 1. The summed E-state index contributed by atoms with van der Waals surface area (Å²) in [6.07, 6.45) is 2.81. The minimum Gasteiger partial charge on any atom is -0.494 e. The molecule has 1 aromatic carbocycles. The molecular weight excluding hydrogens is 423 g/mol. The summed E-state index contributed by atoms with van der Waals surface area (Å²) in [5.74, 6) is 1.70. The third-order valence-electron chi connectivity index (χ3n) is 2.95. The van der Waals surface area contributed by atoms with E-state index in [-0.39, 0.29) is 24.0 Å². The molecule has 0 unspecified atom stereocenters. The van der Waals surface area contributed by atoms with Gasteiger partial charge in [0.2, 0.25) is 0 Å². The second-order valence-electron chi connectivity index (χ2n) is 4.71. The van der Waals surface area contributed by atoms with Gasteiger partial charge in [0.15, 0.2) is 5.96 Å². The fourth-order valence-corrected chi connectivity index (χ4v) is 2.60. The molecule has 0 aliphatic rings. The summed E-state index contributed by atoms with van der Waals surface area (Å²) in [6, 6.07) is 9.85. The van der Waals surface area contributed by atoms with Crippen LogP contribution in [0, 0.1) is 6.92 Å². The van der Waals surface area contributed by atoms with Crippen LogP contribution in [0.15, 0.2) is 41.5 Å². The highest BCUT2D eigenvalue weighted by Crippen LogP contribution is 2.10. The van der Waals surface area contributed by atoms with E-state index in [4.69, 9.17) is 4.74 Å². The van der Waals surface area contributed by atoms with E-state index in [0.717, 1.165) is 36.2 Å². The summed E-state index contributed by atoms with van der Waals surface area (Å²) in [6.45, 7) is 4.25. The van der Waals surface area contributed by atoms with E-state index in [2.05, 4.69) is 20.6 Å². The zero-order valence-electron chi connectivity index (χ0n) is 13.4. The second-order valence-corrected chi connectivity index (χ2v) is 6.03. The van der Waals surface area contributed by atoms with Gasteiger partial charge in [-0.2, -0.15) is 0 Å². The number of benzene rings is 1. The molecular formula is C16H23IN4OS. The number of aryl methyl sites for hydroxylation is 1. The smallest absolute Gasteiger partial charge is 0.191 e. The molecule has 0 saturated carbocycles. The zero-order valence-corrected chi connectivity index (χ0v) is 16.6. The molecule has 0 radical (unpaired) electrons. The van der Waals surface area contributed by atoms with E-state index < -0.39 is 0 Å². The molecule has 0 aliphatic heterocycles. The van der Waals surface area contributed by atoms with Gasteiger partial charge < -0.3 is 15.4 Å². The molecule has 0 fully saturated rings. The van der Waals surface area contributed by atoms with Crippen molar-refractivity contribution in [3.8, 4) is 5.75 Å². The van der Waals surface area contributed by atoms with Gasteiger partial charge in [-0.15, -0.1) is 35.3 Å². The van der Waals surface area contributed by atoms with Crippen molar-refractivity contribution in [3.05, 3.63) is 46.4 Å². The number of hydrogen-bond acceptors (Lipinski definition) is 4. The van der Waals surface area contributed by atoms with E-state index in [1.165, 1.54) is 4.88 Å². The molecule has 1 aromatic heterocycles. The van der Waals surface area contributed by atoms with Crippen molar-refractivity contribution in [1.82, 2.24) is 15.6 Å². The van der Waals surface area contributed by atoms with Crippen molar-refractivity contribution in [2.75, 3.05) is 20.2 Å². The van der Waals surface area contributed by atoms with Gasteiger partial charge in [-0.1, -0.05) is 18.2 Å². The van der Waals surface area contributed by atoms with Gasteiger partial charge >= 0.3 is 0 Å². The summed E-state index contributed by atoms with van der Waals surface area (Å²) in [5.41, 5.74) is 0. The first-order valence-electron chi connectivity index (χ1n) is 7.31. The molecule has 2 N–H and O–H groups in total. The Morgan fingerprint density at radius 1 is 1.26 bits per heavy atom. The number of guanidine groups is 1. The van der Waals surface area contributed by atoms with Crippen molar-refractivity contribution in [2.24, 2.45) is 4.99 Å². The van der Waals surface area contributed by atoms with Crippen molar-refractivity contribution in [2.45, 2.75) is 19.9 Å². The molecule has 5 nitrogen and oxygen atoms in total. The molecule has 7 heteroatoms.